The predicted octanol–water partition coefficient (Wildman–Crippen LogP) is 4.17. The van der Waals surface area contributed by atoms with E-state index in [2.05, 4.69) is 20.8 Å². The second kappa shape index (κ2) is 7.24. The minimum Gasteiger partial charge on any atom is -0.479 e. The molecule has 154 valence electrons. The zero-order valence-corrected chi connectivity index (χ0v) is 16.8. The van der Waals surface area contributed by atoms with Crippen molar-refractivity contribution in [2.24, 2.45) is 0 Å². The van der Waals surface area contributed by atoms with Crippen LogP contribution in [0.15, 0.2) is 59.1 Å². The van der Waals surface area contributed by atoms with Gasteiger partial charge in [-0.1, -0.05) is 35.5 Å². The summed E-state index contributed by atoms with van der Waals surface area (Å²) < 4.78 is 10.9. The Morgan fingerprint density at radius 3 is 2.74 bits per heavy atom. The number of rotatable bonds is 3. The van der Waals surface area contributed by atoms with Crippen LogP contribution in [0.5, 0.6) is 5.75 Å². The number of aryl methyl sites for hydroxylation is 1. The third-order valence-corrected chi connectivity index (χ3v) is 5.10. The third-order valence-electron chi connectivity index (χ3n) is 5.10. The molecule has 2 N–H and O–H groups in total. The zero-order valence-electron chi connectivity index (χ0n) is 16.8. The Bertz CT molecular complexity index is 1330. The van der Waals surface area contributed by atoms with Gasteiger partial charge < -0.3 is 19.9 Å². The Balaban J connectivity index is 1.52. The lowest BCUT2D eigenvalue weighted by atomic mass is 10.0. The van der Waals surface area contributed by atoms with E-state index in [1.54, 1.807) is 38.1 Å². The van der Waals surface area contributed by atoms with Crippen molar-refractivity contribution in [3.63, 3.8) is 0 Å². The number of hydrogen-bond acceptors (Lipinski definition) is 6. The largest absolute Gasteiger partial charge is 0.479 e. The van der Waals surface area contributed by atoms with Crippen molar-refractivity contribution >= 4 is 34.3 Å². The van der Waals surface area contributed by atoms with E-state index in [4.69, 9.17) is 9.26 Å². The molecule has 8 heteroatoms. The highest BCUT2D eigenvalue weighted by Gasteiger charge is 2.24. The number of fused-ring (bicyclic) bond motifs is 2. The molecule has 1 aliphatic rings. The number of pyridine rings is 1. The van der Waals surface area contributed by atoms with Gasteiger partial charge in [-0.3, -0.25) is 9.59 Å². The molecule has 31 heavy (non-hydrogen) atoms. The van der Waals surface area contributed by atoms with Crippen molar-refractivity contribution in [1.29, 1.82) is 0 Å². The van der Waals surface area contributed by atoms with Crippen LogP contribution < -0.4 is 15.4 Å². The summed E-state index contributed by atoms with van der Waals surface area (Å²) in [5.74, 6) is -0.0238. The minimum atomic E-state index is -0.564. The average molecular weight is 414 g/mol. The highest BCUT2D eigenvalue weighted by atomic mass is 16.5. The standard InChI is InChI=1S/C23H18N4O4/c1-12-20-16(11-17(26-23(20)31-27-12)14-6-4-3-5-7-14)22(29)24-15-8-9-19-18(10-15)25-21(28)13(2)30-19/h3-11,13H,1-2H3,(H,24,29)(H,25,28). The summed E-state index contributed by atoms with van der Waals surface area (Å²) in [4.78, 5) is 29.6. The summed E-state index contributed by atoms with van der Waals surface area (Å²) in [5.41, 5.74) is 3.75. The Morgan fingerprint density at radius 1 is 1.13 bits per heavy atom. The van der Waals surface area contributed by atoms with Crippen molar-refractivity contribution in [3.8, 4) is 17.0 Å². The van der Waals surface area contributed by atoms with Crippen molar-refractivity contribution in [3.05, 3.63) is 65.9 Å². The number of amides is 2. The average Bonchev–Trinajstić information content (AvgIpc) is 3.15. The summed E-state index contributed by atoms with van der Waals surface area (Å²) in [7, 11) is 0. The molecule has 0 spiro atoms. The second-order valence-corrected chi connectivity index (χ2v) is 7.28. The SMILES string of the molecule is Cc1noc2nc(-c3ccccc3)cc(C(=O)Nc3ccc4c(c3)NC(=O)C(C)O4)c12. The van der Waals surface area contributed by atoms with Gasteiger partial charge >= 0.3 is 0 Å². The first-order chi connectivity index (χ1) is 15.0. The lowest BCUT2D eigenvalue weighted by Crippen LogP contribution is -2.34. The number of anilines is 2. The molecule has 0 bridgehead atoms. The van der Waals surface area contributed by atoms with E-state index in [0.717, 1.165) is 5.56 Å². The van der Waals surface area contributed by atoms with Crippen LogP contribution in [-0.2, 0) is 4.79 Å². The quantitative estimate of drug-likeness (QED) is 0.521. The van der Waals surface area contributed by atoms with Gasteiger partial charge in [-0.25, -0.2) is 4.98 Å². The molecular weight excluding hydrogens is 396 g/mol. The van der Waals surface area contributed by atoms with Crippen molar-refractivity contribution < 1.29 is 18.8 Å². The van der Waals surface area contributed by atoms with Crippen molar-refractivity contribution in [2.45, 2.75) is 20.0 Å². The van der Waals surface area contributed by atoms with Gasteiger partial charge in [0.1, 0.15) is 5.75 Å². The van der Waals surface area contributed by atoms with Crippen LogP contribution in [0.1, 0.15) is 23.0 Å². The monoisotopic (exact) mass is 414 g/mol. The summed E-state index contributed by atoms with van der Waals surface area (Å²) in [6.45, 7) is 3.44. The zero-order chi connectivity index (χ0) is 21.5. The van der Waals surface area contributed by atoms with Crippen LogP contribution in [0.4, 0.5) is 11.4 Å². The van der Waals surface area contributed by atoms with Gasteiger partial charge in [0.25, 0.3) is 17.5 Å². The maximum absolute atomic E-state index is 13.2. The second-order valence-electron chi connectivity index (χ2n) is 7.28. The van der Waals surface area contributed by atoms with E-state index in [-0.39, 0.29) is 11.8 Å². The van der Waals surface area contributed by atoms with E-state index in [9.17, 15) is 9.59 Å². The minimum absolute atomic E-state index is 0.237. The Labute approximate surface area is 177 Å². The lowest BCUT2D eigenvalue weighted by Gasteiger charge is -2.23. The van der Waals surface area contributed by atoms with Gasteiger partial charge in [0.2, 0.25) is 0 Å². The number of carbonyl (C=O) groups excluding carboxylic acids is 2. The summed E-state index contributed by atoms with van der Waals surface area (Å²) >= 11 is 0. The van der Waals surface area contributed by atoms with Crippen LogP contribution in [0.25, 0.3) is 22.4 Å². The highest BCUT2D eigenvalue weighted by molar-refractivity contribution is 6.13. The number of ether oxygens (including phenoxy) is 1. The molecule has 0 saturated heterocycles. The molecular formula is C23H18N4O4. The fourth-order valence-corrected chi connectivity index (χ4v) is 3.52. The van der Waals surface area contributed by atoms with Gasteiger partial charge in [-0.15, -0.1) is 0 Å². The van der Waals surface area contributed by atoms with Crippen LogP contribution >= 0.6 is 0 Å². The number of benzene rings is 2. The van der Waals surface area contributed by atoms with Crippen molar-refractivity contribution in [1.82, 2.24) is 10.1 Å². The van der Waals surface area contributed by atoms with Gasteiger partial charge in [-0.05, 0) is 38.1 Å². The number of nitrogens with one attached hydrogen (secondary N) is 2. The summed E-state index contributed by atoms with van der Waals surface area (Å²) in [6, 6.07) is 16.3. The van der Waals surface area contributed by atoms with E-state index in [1.807, 2.05) is 30.3 Å². The smallest absolute Gasteiger partial charge is 0.265 e. The highest BCUT2D eigenvalue weighted by Crippen LogP contribution is 2.33. The number of carbonyl (C=O) groups is 2. The van der Waals surface area contributed by atoms with Crippen molar-refractivity contribution in [2.75, 3.05) is 10.6 Å². The first kappa shape index (κ1) is 18.8. The van der Waals surface area contributed by atoms with E-state index < -0.39 is 6.10 Å². The number of aromatic nitrogens is 2. The third kappa shape index (κ3) is 3.38. The van der Waals surface area contributed by atoms with Gasteiger partial charge in [-0.2, -0.15) is 0 Å². The molecule has 1 atom stereocenters. The molecule has 3 heterocycles. The molecule has 2 amide bonds. The molecule has 0 aliphatic carbocycles. The molecule has 2 aromatic carbocycles. The molecule has 0 radical (unpaired) electrons. The van der Waals surface area contributed by atoms with Gasteiger partial charge in [0, 0.05) is 11.3 Å². The Kier molecular flexibility index (Phi) is 4.39. The summed E-state index contributed by atoms with van der Waals surface area (Å²) in [5, 5.41) is 10.2. The van der Waals surface area contributed by atoms with Gasteiger partial charge in [0.15, 0.2) is 6.10 Å². The molecule has 8 nitrogen and oxygen atoms in total. The molecule has 2 aromatic heterocycles. The van der Waals surface area contributed by atoms with Crippen LogP contribution in [-0.4, -0.2) is 28.1 Å². The summed E-state index contributed by atoms with van der Waals surface area (Å²) in [6.07, 6.45) is -0.564. The van der Waals surface area contributed by atoms with Crippen LogP contribution in [0, 0.1) is 6.92 Å². The lowest BCUT2D eigenvalue weighted by molar-refractivity contribution is -0.122. The van der Waals surface area contributed by atoms with Gasteiger partial charge in [0.05, 0.1) is 28.0 Å². The maximum atomic E-state index is 13.2. The van der Waals surface area contributed by atoms with Crippen LogP contribution in [0.3, 0.4) is 0 Å². The molecule has 0 saturated carbocycles. The normalized spacial score (nSPS) is 15.2. The first-order valence-electron chi connectivity index (χ1n) is 9.75. The first-order valence-corrected chi connectivity index (χ1v) is 9.75. The Hall–Kier alpha value is -4.20. The molecule has 5 rings (SSSR count). The molecule has 1 aliphatic heterocycles. The molecule has 0 fully saturated rings. The van der Waals surface area contributed by atoms with E-state index in [1.165, 1.54) is 0 Å². The number of hydrogen-bond donors (Lipinski definition) is 2. The van der Waals surface area contributed by atoms with E-state index >= 15 is 0 Å². The predicted molar refractivity (Wildman–Crippen MR) is 115 cm³/mol. The fourth-order valence-electron chi connectivity index (χ4n) is 3.52. The van der Waals surface area contributed by atoms with Crippen LogP contribution in [0.2, 0.25) is 0 Å². The molecule has 4 aromatic rings. The van der Waals surface area contributed by atoms with E-state index in [0.29, 0.717) is 45.2 Å². The molecule has 1 unspecified atom stereocenters. The maximum Gasteiger partial charge on any atom is 0.265 e. The topological polar surface area (TPSA) is 106 Å². The number of nitrogens with zero attached hydrogens (tertiary/aromatic N) is 2. The fraction of sp³-hybridized carbons (Fsp3) is 0.130. The Morgan fingerprint density at radius 2 is 1.94 bits per heavy atom.